The van der Waals surface area contributed by atoms with Crippen molar-refractivity contribution in [1.82, 2.24) is 16.0 Å². The van der Waals surface area contributed by atoms with Crippen molar-refractivity contribution in [3.63, 3.8) is 0 Å². The van der Waals surface area contributed by atoms with Crippen LogP contribution in [0.3, 0.4) is 0 Å². The van der Waals surface area contributed by atoms with Crippen LogP contribution in [0.5, 0.6) is 0 Å². The maximum atomic E-state index is 11.9. The first kappa shape index (κ1) is 16.8. The molecule has 0 radical (unpaired) electrons. The third-order valence-electron chi connectivity index (χ3n) is 3.51. The van der Waals surface area contributed by atoms with Gasteiger partial charge >= 0.3 is 6.03 Å². The van der Waals surface area contributed by atoms with Gasteiger partial charge in [0, 0.05) is 5.56 Å². The highest BCUT2D eigenvalue weighted by Gasteiger charge is 2.26. The molecule has 1 saturated heterocycles. The molecule has 2 atom stereocenters. The van der Waals surface area contributed by atoms with Crippen LogP contribution >= 0.6 is 0 Å². The second kappa shape index (κ2) is 8.16. The van der Waals surface area contributed by atoms with Crippen molar-refractivity contribution < 1.29 is 9.59 Å². The van der Waals surface area contributed by atoms with Crippen LogP contribution in [0.25, 0.3) is 0 Å². The number of carbonyl (C=O) groups is 2. The third-order valence-corrected chi connectivity index (χ3v) is 3.51. The number of hydrogen-bond acceptors (Lipinski definition) is 3. The van der Waals surface area contributed by atoms with Crippen molar-refractivity contribution in [2.24, 2.45) is 0 Å². The Bertz CT molecular complexity index is 653. The molecule has 0 spiro atoms. The molecule has 2 rings (SSSR count). The highest BCUT2D eigenvalue weighted by Crippen LogP contribution is 2.16. The van der Waals surface area contributed by atoms with E-state index in [0.29, 0.717) is 0 Å². The summed E-state index contributed by atoms with van der Waals surface area (Å²) in [5.74, 6) is 6.19. The Kier molecular flexibility index (Phi) is 5.95. The van der Waals surface area contributed by atoms with E-state index in [9.17, 15) is 9.59 Å². The fourth-order valence-corrected chi connectivity index (χ4v) is 2.21. The van der Waals surface area contributed by atoms with E-state index in [0.717, 1.165) is 17.5 Å². The molecule has 1 aromatic carbocycles. The van der Waals surface area contributed by atoms with Crippen LogP contribution in [0.1, 0.15) is 30.5 Å². The Balaban J connectivity index is 2.09. The molecule has 0 saturated carbocycles. The lowest BCUT2D eigenvalue weighted by Crippen LogP contribution is -2.50. The van der Waals surface area contributed by atoms with Crippen LogP contribution in [-0.2, 0) is 4.79 Å². The van der Waals surface area contributed by atoms with Gasteiger partial charge < -0.3 is 16.0 Å². The SMILES string of the molecule is CC/C=C\C(C#Cc1ccc(C2NC(=O)NCC2=O)cc1)NC. The summed E-state index contributed by atoms with van der Waals surface area (Å²) in [4.78, 5) is 23.2. The lowest BCUT2D eigenvalue weighted by Gasteiger charge is -2.23. The largest absolute Gasteiger partial charge is 0.331 e. The lowest BCUT2D eigenvalue weighted by molar-refractivity contribution is -0.120. The normalized spacial score (nSPS) is 18.8. The van der Waals surface area contributed by atoms with E-state index in [2.05, 4.69) is 40.8 Å². The zero-order valence-corrected chi connectivity index (χ0v) is 13.3. The van der Waals surface area contributed by atoms with Gasteiger partial charge in [0.15, 0.2) is 5.78 Å². The van der Waals surface area contributed by atoms with Gasteiger partial charge in [0.25, 0.3) is 0 Å². The minimum Gasteiger partial charge on any atom is -0.331 e. The first-order valence-electron chi connectivity index (χ1n) is 7.66. The molecule has 120 valence electrons. The molecular weight excluding hydrogens is 290 g/mol. The van der Waals surface area contributed by atoms with Gasteiger partial charge in [-0.05, 0) is 31.2 Å². The predicted octanol–water partition coefficient (Wildman–Crippen LogP) is 1.52. The predicted molar refractivity (Wildman–Crippen MR) is 89.9 cm³/mol. The van der Waals surface area contributed by atoms with Gasteiger partial charge in [-0.25, -0.2) is 4.79 Å². The van der Waals surface area contributed by atoms with E-state index in [4.69, 9.17) is 0 Å². The molecule has 0 bridgehead atoms. The zero-order chi connectivity index (χ0) is 16.7. The molecule has 1 aromatic rings. The zero-order valence-electron chi connectivity index (χ0n) is 13.3. The second-order valence-corrected chi connectivity index (χ2v) is 5.22. The van der Waals surface area contributed by atoms with Gasteiger partial charge in [0.2, 0.25) is 0 Å². The van der Waals surface area contributed by atoms with Crippen LogP contribution in [-0.4, -0.2) is 31.4 Å². The number of nitrogens with one attached hydrogen (secondary N) is 3. The molecule has 0 aromatic heterocycles. The number of Topliss-reactive ketones (excluding diaryl/α,β-unsaturated/α-hetero) is 1. The number of likely N-dealkylation sites (N-methyl/N-ethyl adjacent to an activating group) is 1. The molecule has 1 fully saturated rings. The molecule has 2 unspecified atom stereocenters. The number of amides is 2. The molecule has 0 aliphatic carbocycles. The fourth-order valence-electron chi connectivity index (χ4n) is 2.21. The van der Waals surface area contributed by atoms with Gasteiger partial charge in [-0.3, -0.25) is 4.79 Å². The number of carbonyl (C=O) groups excluding carboxylic acids is 2. The molecule has 1 aliphatic rings. The van der Waals surface area contributed by atoms with Crippen LogP contribution in [0.4, 0.5) is 4.79 Å². The second-order valence-electron chi connectivity index (χ2n) is 5.22. The summed E-state index contributed by atoms with van der Waals surface area (Å²) in [7, 11) is 1.87. The minimum absolute atomic E-state index is 0.0138. The van der Waals surface area contributed by atoms with Gasteiger partial charge in [-0.2, -0.15) is 0 Å². The van der Waals surface area contributed by atoms with E-state index in [1.807, 2.05) is 37.4 Å². The summed E-state index contributed by atoms with van der Waals surface area (Å²) >= 11 is 0. The Morgan fingerprint density at radius 2 is 2.09 bits per heavy atom. The first-order valence-corrected chi connectivity index (χ1v) is 7.66. The number of benzene rings is 1. The highest BCUT2D eigenvalue weighted by molar-refractivity contribution is 5.96. The van der Waals surface area contributed by atoms with Gasteiger partial charge in [0.1, 0.15) is 6.04 Å². The molecule has 1 aliphatic heterocycles. The van der Waals surface area contributed by atoms with Crippen molar-refractivity contribution in [1.29, 1.82) is 0 Å². The van der Waals surface area contributed by atoms with Crippen molar-refractivity contribution in [2.45, 2.75) is 25.4 Å². The van der Waals surface area contributed by atoms with Crippen LogP contribution in [0.15, 0.2) is 36.4 Å². The minimum atomic E-state index is -0.580. The molecular formula is C18H21N3O2. The van der Waals surface area contributed by atoms with Crippen molar-refractivity contribution >= 4 is 11.8 Å². The fraction of sp³-hybridized carbons (Fsp3) is 0.333. The molecule has 2 amide bonds. The Morgan fingerprint density at radius 3 is 2.74 bits per heavy atom. The topological polar surface area (TPSA) is 70.2 Å². The standard InChI is InChI=1S/C18H21N3O2/c1-3-4-5-15(19-2)11-8-13-6-9-14(10-7-13)17-16(22)12-20-18(23)21-17/h4-7,9-10,15,17,19H,3,12H2,1-2H3,(H2,20,21,23)/b5-4-. The summed E-state index contributed by atoms with van der Waals surface area (Å²) < 4.78 is 0. The average molecular weight is 311 g/mol. The van der Waals surface area contributed by atoms with Crippen molar-refractivity contribution in [3.8, 4) is 11.8 Å². The first-order chi connectivity index (χ1) is 11.1. The van der Waals surface area contributed by atoms with E-state index >= 15 is 0 Å². The summed E-state index contributed by atoms with van der Waals surface area (Å²) in [6, 6.07) is 6.49. The Labute approximate surface area is 136 Å². The summed E-state index contributed by atoms with van der Waals surface area (Å²) in [5, 5.41) is 8.21. The molecule has 1 heterocycles. The number of allylic oxidation sites excluding steroid dienone is 1. The van der Waals surface area contributed by atoms with Crippen LogP contribution < -0.4 is 16.0 Å². The molecule has 23 heavy (non-hydrogen) atoms. The average Bonchev–Trinajstić information content (AvgIpc) is 2.58. The number of rotatable bonds is 4. The molecule has 5 nitrogen and oxygen atoms in total. The van der Waals surface area contributed by atoms with E-state index in [1.165, 1.54) is 0 Å². The Morgan fingerprint density at radius 1 is 1.35 bits per heavy atom. The number of ketones is 1. The van der Waals surface area contributed by atoms with Gasteiger partial charge in [-0.15, -0.1) is 0 Å². The van der Waals surface area contributed by atoms with Crippen LogP contribution in [0, 0.1) is 11.8 Å². The summed E-state index contributed by atoms with van der Waals surface area (Å²) in [6.45, 7) is 2.14. The Hall–Kier alpha value is -2.58. The molecule has 5 heteroatoms. The number of urea groups is 1. The van der Waals surface area contributed by atoms with Gasteiger partial charge in [-0.1, -0.05) is 43.0 Å². The van der Waals surface area contributed by atoms with Gasteiger partial charge in [0.05, 0.1) is 12.6 Å². The summed E-state index contributed by atoms with van der Waals surface area (Å²) in [5.41, 5.74) is 1.64. The number of hydrogen-bond donors (Lipinski definition) is 3. The van der Waals surface area contributed by atoms with E-state index in [1.54, 1.807) is 0 Å². The molecule has 3 N–H and O–H groups in total. The third kappa shape index (κ3) is 4.70. The van der Waals surface area contributed by atoms with Crippen molar-refractivity contribution in [3.05, 3.63) is 47.5 Å². The van der Waals surface area contributed by atoms with Crippen LogP contribution in [0.2, 0.25) is 0 Å². The maximum absolute atomic E-state index is 11.9. The van der Waals surface area contributed by atoms with E-state index in [-0.39, 0.29) is 24.4 Å². The highest BCUT2D eigenvalue weighted by atomic mass is 16.2. The monoisotopic (exact) mass is 311 g/mol. The summed E-state index contributed by atoms with van der Waals surface area (Å²) in [6.07, 6.45) is 5.08. The maximum Gasteiger partial charge on any atom is 0.316 e. The lowest BCUT2D eigenvalue weighted by atomic mass is 10.00. The quantitative estimate of drug-likeness (QED) is 0.583. The smallest absolute Gasteiger partial charge is 0.316 e. The van der Waals surface area contributed by atoms with Crippen molar-refractivity contribution in [2.75, 3.05) is 13.6 Å². The van der Waals surface area contributed by atoms with E-state index < -0.39 is 6.04 Å².